The zero-order valence-corrected chi connectivity index (χ0v) is 13.7. The molecule has 1 aliphatic carbocycles. The van der Waals surface area contributed by atoms with E-state index in [9.17, 15) is 9.18 Å². The van der Waals surface area contributed by atoms with Gasteiger partial charge in [0.2, 0.25) is 0 Å². The summed E-state index contributed by atoms with van der Waals surface area (Å²) in [6.45, 7) is 2.21. The summed E-state index contributed by atoms with van der Waals surface area (Å²) in [5.74, 6) is 0.342. The van der Waals surface area contributed by atoms with Gasteiger partial charge in [-0.3, -0.25) is 4.79 Å². The number of halogens is 1. The molecule has 0 aromatic rings. The summed E-state index contributed by atoms with van der Waals surface area (Å²) in [4.78, 5) is 10.5. The molecule has 0 radical (unpaired) electrons. The number of carboxylic acid groups (broad SMARTS) is 1. The lowest BCUT2D eigenvalue weighted by molar-refractivity contribution is -0.137. The van der Waals surface area contributed by atoms with Crippen molar-refractivity contribution in [1.82, 2.24) is 0 Å². The molecule has 0 saturated heterocycles. The van der Waals surface area contributed by atoms with Crippen LogP contribution < -0.4 is 0 Å². The topological polar surface area (TPSA) is 37.3 Å². The molecule has 21 heavy (non-hydrogen) atoms. The standard InChI is InChI=1S/C18H33FO2/c1-2-3-4-5-6-7-11-17(19)12-9-8-10-15-13-16(15)14-18(20)21/h15-17H,2-14H2,1H3,(H,20,21)/t15-,16+,17?/m1/s1/i19-1. The summed E-state index contributed by atoms with van der Waals surface area (Å²) in [5, 5.41) is 8.69. The molecule has 2 nitrogen and oxygen atoms in total. The molecule has 0 heterocycles. The van der Waals surface area contributed by atoms with E-state index < -0.39 is 12.1 Å². The van der Waals surface area contributed by atoms with Gasteiger partial charge in [-0.2, -0.15) is 0 Å². The van der Waals surface area contributed by atoms with Gasteiger partial charge in [-0.25, -0.2) is 4.39 Å². The lowest BCUT2D eigenvalue weighted by Crippen LogP contribution is -2.00. The van der Waals surface area contributed by atoms with E-state index >= 15 is 0 Å². The lowest BCUT2D eigenvalue weighted by Gasteiger charge is -2.08. The number of alkyl halides is 1. The van der Waals surface area contributed by atoms with Gasteiger partial charge >= 0.3 is 5.97 Å². The van der Waals surface area contributed by atoms with Crippen molar-refractivity contribution in [3.05, 3.63) is 0 Å². The molecule has 0 aromatic heterocycles. The monoisotopic (exact) mass is 299 g/mol. The summed E-state index contributed by atoms with van der Waals surface area (Å²) in [6, 6.07) is 0. The predicted molar refractivity (Wildman–Crippen MR) is 85.2 cm³/mol. The Hall–Kier alpha value is -0.600. The average molecular weight is 299 g/mol. The minimum absolute atomic E-state index is 0.328. The molecule has 1 rings (SSSR count). The summed E-state index contributed by atoms with van der Waals surface area (Å²) >= 11 is 0. The maximum atomic E-state index is 13.7. The molecule has 3 atom stereocenters. The highest BCUT2D eigenvalue weighted by Crippen LogP contribution is 2.44. The summed E-state index contributed by atoms with van der Waals surface area (Å²) < 4.78 is 13.7. The Bertz CT molecular complexity index is 280. The van der Waals surface area contributed by atoms with E-state index in [-0.39, 0.29) is 0 Å². The van der Waals surface area contributed by atoms with Gasteiger partial charge in [0.05, 0.1) is 0 Å². The summed E-state index contributed by atoms with van der Waals surface area (Å²) in [5.41, 5.74) is 0. The van der Waals surface area contributed by atoms with Crippen molar-refractivity contribution in [2.24, 2.45) is 11.8 Å². The average Bonchev–Trinajstić information content (AvgIpc) is 3.16. The SMILES string of the molecule is CCCCCCCCC([18F])CCCC[C@@H]1C[C@H]1CC(=O)O. The van der Waals surface area contributed by atoms with Crippen LogP contribution in [0.25, 0.3) is 0 Å². The van der Waals surface area contributed by atoms with Gasteiger partial charge in [0, 0.05) is 6.42 Å². The van der Waals surface area contributed by atoms with E-state index in [1.54, 1.807) is 0 Å². The van der Waals surface area contributed by atoms with Crippen LogP contribution >= 0.6 is 0 Å². The molecular weight excluding hydrogens is 266 g/mol. The van der Waals surface area contributed by atoms with Crippen molar-refractivity contribution in [3.63, 3.8) is 0 Å². The van der Waals surface area contributed by atoms with Gasteiger partial charge in [0.1, 0.15) is 6.17 Å². The van der Waals surface area contributed by atoms with E-state index in [1.807, 2.05) is 0 Å². The van der Waals surface area contributed by atoms with Crippen molar-refractivity contribution in [2.75, 3.05) is 0 Å². The van der Waals surface area contributed by atoms with Crippen molar-refractivity contribution < 1.29 is 14.3 Å². The molecule has 1 N–H and O–H groups in total. The zero-order valence-electron chi connectivity index (χ0n) is 13.7. The first-order valence-electron chi connectivity index (χ1n) is 8.99. The molecular formula is C18H33FO2. The minimum atomic E-state index is -0.676. The second-order valence-corrected chi connectivity index (χ2v) is 6.79. The molecule has 1 fully saturated rings. The van der Waals surface area contributed by atoms with Crippen LogP contribution in [-0.2, 0) is 4.79 Å². The second-order valence-electron chi connectivity index (χ2n) is 6.79. The molecule has 0 bridgehead atoms. The third-order valence-electron chi connectivity index (χ3n) is 4.72. The van der Waals surface area contributed by atoms with Crippen LogP contribution in [0.5, 0.6) is 0 Å². The number of carbonyl (C=O) groups is 1. The first-order chi connectivity index (χ1) is 10.1. The number of hydrogen-bond acceptors (Lipinski definition) is 1. The third-order valence-corrected chi connectivity index (χ3v) is 4.72. The van der Waals surface area contributed by atoms with Gasteiger partial charge in [0.15, 0.2) is 0 Å². The van der Waals surface area contributed by atoms with Crippen LogP contribution in [0, 0.1) is 11.8 Å². The van der Waals surface area contributed by atoms with E-state index in [0.717, 1.165) is 38.5 Å². The molecule has 3 heteroatoms. The Labute approximate surface area is 129 Å². The van der Waals surface area contributed by atoms with Gasteiger partial charge in [-0.15, -0.1) is 0 Å². The largest absolute Gasteiger partial charge is 0.481 e. The normalized spacial score (nSPS) is 22.2. The molecule has 0 aromatic carbocycles. The molecule has 0 aliphatic heterocycles. The number of unbranched alkanes of at least 4 members (excludes halogenated alkanes) is 6. The molecule has 1 aliphatic rings. The fourth-order valence-corrected chi connectivity index (χ4v) is 3.20. The third kappa shape index (κ3) is 9.87. The van der Waals surface area contributed by atoms with E-state index in [1.165, 1.54) is 32.1 Å². The molecule has 0 amide bonds. The van der Waals surface area contributed by atoms with Crippen LogP contribution in [0.1, 0.15) is 90.4 Å². The van der Waals surface area contributed by atoms with Crippen molar-refractivity contribution in [1.29, 1.82) is 0 Å². The van der Waals surface area contributed by atoms with Gasteiger partial charge in [-0.1, -0.05) is 64.7 Å². The first kappa shape index (κ1) is 18.4. The highest BCUT2D eigenvalue weighted by molar-refractivity contribution is 5.67. The highest BCUT2D eigenvalue weighted by atomic mass is 18.2. The number of hydrogen-bond donors (Lipinski definition) is 1. The van der Waals surface area contributed by atoms with Gasteiger partial charge in [0.25, 0.3) is 0 Å². The van der Waals surface area contributed by atoms with E-state index in [0.29, 0.717) is 24.7 Å². The molecule has 124 valence electrons. The molecule has 0 spiro atoms. The van der Waals surface area contributed by atoms with Gasteiger partial charge < -0.3 is 5.11 Å². The zero-order chi connectivity index (χ0) is 15.5. The number of aliphatic carboxylic acids is 1. The minimum Gasteiger partial charge on any atom is -0.481 e. The number of carboxylic acids is 1. The summed E-state index contributed by atoms with van der Waals surface area (Å²) in [7, 11) is 0. The van der Waals surface area contributed by atoms with Crippen LogP contribution in [-0.4, -0.2) is 17.2 Å². The number of rotatable bonds is 14. The van der Waals surface area contributed by atoms with Gasteiger partial charge in [-0.05, 0) is 31.1 Å². The highest BCUT2D eigenvalue weighted by Gasteiger charge is 2.37. The maximum absolute atomic E-state index is 13.7. The predicted octanol–water partition coefficient (Wildman–Crippen LogP) is 5.75. The Kier molecular flexibility index (Phi) is 9.69. The van der Waals surface area contributed by atoms with Crippen LogP contribution in [0.2, 0.25) is 0 Å². The smallest absolute Gasteiger partial charge is 0.303 e. The lowest BCUT2D eigenvalue weighted by atomic mass is 10.0. The fourth-order valence-electron chi connectivity index (χ4n) is 3.20. The Morgan fingerprint density at radius 3 is 2.33 bits per heavy atom. The van der Waals surface area contributed by atoms with Crippen LogP contribution in [0.4, 0.5) is 4.39 Å². The van der Waals surface area contributed by atoms with Crippen molar-refractivity contribution >= 4 is 5.97 Å². The van der Waals surface area contributed by atoms with Crippen LogP contribution in [0.15, 0.2) is 0 Å². The molecule has 1 unspecified atom stereocenters. The second kappa shape index (κ2) is 11.0. The quantitative estimate of drug-likeness (QED) is 0.415. The first-order valence-corrected chi connectivity index (χ1v) is 8.99. The van der Waals surface area contributed by atoms with E-state index in [4.69, 9.17) is 5.11 Å². The Balaban J connectivity index is 1.83. The van der Waals surface area contributed by atoms with Crippen LogP contribution in [0.3, 0.4) is 0 Å². The fraction of sp³-hybridized carbons (Fsp3) is 0.944. The van der Waals surface area contributed by atoms with Crippen molar-refractivity contribution in [2.45, 2.75) is 96.6 Å². The summed E-state index contributed by atoms with van der Waals surface area (Å²) in [6.07, 6.45) is 12.7. The van der Waals surface area contributed by atoms with E-state index in [2.05, 4.69) is 6.92 Å². The Morgan fingerprint density at radius 1 is 1.05 bits per heavy atom. The molecule has 1 saturated carbocycles. The Morgan fingerprint density at radius 2 is 1.67 bits per heavy atom. The maximum Gasteiger partial charge on any atom is 0.303 e. The van der Waals surface area contributed by atoms with Crippen molar-refractivity contribution in [3.8, 4) is 0 Å².